The molecule has 1 N–H and O–H groups in total. The van der Waals surface area contributed by atoms with Gasteiger partial charge < -0.3 is 10.1 Å². The molecular formula is C15H17F3N2O. The zero-order valence-electron chi connectivity index (χ0n) is 12.1. The Morgan fingerprint density at radius 3 is 2.57 bits per heavy atom. The van der Waals surface area contributed by atoms with Gasteiger partial charge in [-0.1, -0.05) is 19.1 Å². The lowest BCUT2D eigenvalue weighted by molar-refractivity contribution is -0.141. The van der Waals surface area contributed by atoms with Gasteiger partial charge >= 0.3 is 6.18 Å². The van der Waals surface area contributed by atoms with Crippen LogP contribution in [0.3, 0.4) is 0 Å². The molecule has 0 saturated carbocycles. The Labute approximate surface area is 121 Å². The fourth-order valence-electron chi connectivity index (χ4n) is 2.28. The topological polar surface area (TPSA) is 34.1 Å². The van der Waals surface area contributed by atoms with Crippen LogP contribution in [0.5, 0.6) is 5.75 Å². The van der Waals surface area contributed by atoms with Crippen LogP contribution >= 0.6 is 0 Å². The highest BCUT2D eigenvalue weighted by Gasteiger charge is 2.36. The summed E-state index contributed by atoms with van der Waals surface area (Å²) in [6, 6.07) is 5.13. The number of halogens is 3. The van der Waals surface area contributed by atoms with E-state index in [9.17, 15) is 13.2 Å². The number of hydrogen-bond acceptors (Lipinski definition) is 3. The number of fused-ring (bicyclic) bond motifs is 1. The maximum atomic E-state index is 13.1. The third-order valence-electron chi connectivity index (χ3n) is 3.20. The molecule has 0 unspecified atom stereocenters. The summed E-state index contributed by atoms with van der Waals surface area (Å²) in [6.45, 7) is 3.79. The number of benzene rings is 1. The van der Waals surface area contributed by atoms with Gasteiger partial charge in [-0.05, 0) is 19.4 Å². The van der Waals surface area contributed by atoms with Crippen LogP contribution in [-0.4, -0.2) is 18.6 Å². The van der Waals surface area contributed by atoms with Gasteiger partial charge in [0.2, 0.25) is 0 Å². The summed E-state index contributed by atoms with van der Waals surface area (Å²) in [6.07, 6.45) is -3.73. The summed E-state index contributed by atoms with van der Waals surface area (Å²) < 4.78 is 45.0. The highest BCUT2D eigenvalue weighted by Crippen LogP contribution is 2.39. The second-order valence-corrected chi connectivity index (χ2v) is 4.71. The largest absolute Gasteiger partial charge is 0.491 e. The van der Waals surface area contributed by atoms with Crippen molar-refractivity contribution in [2.45, 2.75) is 26.4 Å². The summed E-state index contributed by atoms with van der Waals surface area (Å²) in [5, 5.41) is 3.46. The number of hydrogen-bond donors (Lipinski definition) is 1. The molecule has 0 saturated heterocycles. The van der Waals surface area contributed by atoms with E-state index in [0.29, 0.717) is 23.4 Å². The fraction of sp³-hybridized carbons (Fsp3) is 0.400. The van der Waals surface area contributed by atoms with Crippen molar-refractivity contribution in [1.29, 1.82) is 0 Å². The number of aromatic nitrogens is 1. The normalized spacial score (nSPS) is 11.7. The molecule has 6 heteroatoms. The number of anilines is 1. The van der Waals surface area contributed by atoms with Crippen LogP contribution in [0.15, 0.2) is 18.2 Å². The van der Waals surface area contributed by atoms with E-state index in [0.717, 1.165) is 6.42 Å². The number of pyridine rings is 1. The third kappa shape index (κ3) is 2.89. The first-order chi connectivity index (χ1) is 9.90. The molecule has 21 heavy (non-hydrogen) atoms. The molecule has 0 aliphatic rings. The van der Waals surface area contributed by atoms with Gasteiger partial charge in [0.1, 0.15) is 17.0 Å². The van der Waals surface area contributed by atoms with Crippen LogP contribution in [0.2, 0.25) is 0 Å². The molecule has 0 amide bonds. The van der Waals surface area contributed by atoms with E-state index < -0.39 is 11.9 Å². The maximum Gasteiger partial charge on any atom is 0.433 e. The zero-order chi connectivity index (χ0) is 15.6. The Morgan fingerprint density at radius 1 is 1.29 bits per heavy atom. The molecule has 114 valence electrons. The predicted octanol–water partition coefficient (Wildman–Crippen LogP) is 4.39. The first kappa shape index (κ1) is 15.4. The van der Waals surface area contributed by atoms with Gasteiger partial charge in [-0.3, -0.25) is 0 Å². The molecule has 1 aromatic carbocycles. The molecule has 0 atom stereocenters. The monoisotopic (exact) mass is 298 g/mol. The molecule has 1 aromatic heterocycles. The molecule has 0 fully saturated rings. The van der Waals surface area contributed by atoms with Crippen molar-refractivity contribution in [3.05, 3.63) is 29.5 Å². The minimum atomic E-state index is -4.50. The Morgan fingerprint density at radius 2 is 2.00 bits per heavy atom. The summed E-state index contributed by atoms with van der Waals surface area (Å²) >= 11 is 0. The van der Waals surface area contributed by atoms with Crippen molar-refractivity contribution < 1.29 is 17.9 Å². The first-order valence-corrected chi connectivity index (χ1v) is 6.71. The molecule has 2 aromatic rings. The lowest BCUT2D eigenvalue weighted by atomic mass is 10.1. The zero-order valence-corrected chi connectivity index (χ0v) is 12.1. The van der Waals surface area contributed by atoms with Gasteiger partial charge in [0.25, 0.3) is 0 Å². The lowest BCUT2D eigenvalue weighted by Crippen LogP contribution is -2.13. The molecule has 0 aliphatic heterocycles. The SMILES string of the molecule is CCCOc1cccc2c(NC)c(C)c(C(F)(F)F)nc12. The van der Waals surface area contributed by atoms with Crippen LogP contribution in [0.25, 0.3) is 10.9 Å². The molecule has 2 rings (SSSR count). The fourth-order valence-corrected chi connectivity index (χ4v) is 2.28. The van der Waals surface area contributed by atoms with E-state index in [1.807, 2.05) is 6.92 Å². The standard InChI is InChI=1S/C15H17F3N2O/c1-4-8-21-11-7-5-6-10-12(19-3)9(2)14(15(16,17)18)20-13(10)11/h5-7H,4,8H2,1-3H3,(H,19,20). The van der Waals surface area contributed by atoms with Crippen LogP contribution in [0.1, 0.15) is 24.6 Å². The molecule has 3 nitrogen and oxygen atoms in total. The summed E-state index contributed by atoms with van der Waals surface area (Å²) in [4.78, 5) is 3.82. The summed E-state index contributed by atoms with van der Waals surface area (Å²) in [5.41, 5.74) is -0.139. The molecule has 0 radical (unpaired) electrons. The Bertz CT molecular complexity index is 653. The first-order valence-electron chi connectivity index (χ1n) is 6.71. The van der Waals surface area contributed by atoms with Crippen molar-refractivity contribution in [2.24, 2.45) is 0 Å². The molecule has 0 aliphatic carbocycles. The van der Waals surface area contributed by atoms with E-state index in [1.54, 1.807) is 25.2 Å². The van der Waals surface area contributed by atoms with E-state index in [2.05, 4.69) is 10.3 Å². The molecule has 1 heterocycles. The minimum absolute atomic E-state index is 0.0881. The number of nitrogens with one attached hydrogen (secondary N) is 1. The number of nitrogens with zero attached hydrogens (tertiary/aromatic N) is 1. The van der Waals surface area contributed by atoms with Crippen LogP contribution in [0.4, 0.5) is 18.9 Å². The van der Waals surface area contributed by atoms with Gasteiger partial charge in [0, 0.05) is 23.7 Å². The van der Waals surface area contributed by atoms with Crippen LogP contribution < -0.4 is 10.1 Å². The minimum Gasteiger partial charge on any atom is -0.491 e. The predicted molar refractivity (Wildman–Crippen MR) is 76.8 cm³/mol. The second-order valence-electron chi connectivity index (χ2n) is 4.71. The number of para-hydroxylation sites is 1. The quantitative estimate of drug-likeness (QED) is 0.909. The molecule has 0 bridgehead atoms. The van der Waals surface area contributed by atoms with E-state index >= 15 is 0 Å². The van der Waals surface area contributed by atoms with Crippen LogP contribution in [-0.2, 0) is 6.18 Å². The summed E-state index contributed by atoms with van der Waals surface area (Å²) in [5.74, 6) is 0.372. The van der Waals surface area contributed by atoms with E-state index in [1.165, 1.54) is 6.92 Å². The van der Waals surface area contributed by atoms with Crippen molar-refractivity contribution in [1.82, 2.24) is 4.98 Å². The van der Waals surface area contributed by atoms with Gasteiger partial charge in [-0.25, -0.2) is 4.98 Å². The Hall–Kier alpha value is -1.98. The van der Waals surface area contributed by atoms with Gasteiger partial charge in [-0.15, -0.1) is 0 Å². The van der Waals surface area contributed by atoms with E-state index in [4.69, 9.17) is 4.74 Å². The maximum absolute atomic E-state index is 13.1. The third-order valence-corrected chi connectivity index (χ3v) is 3.20. The lowest BCUT2D eigenvalue weighted by Gasteiger charge is -2.17. The average molecular weight is 298 g/mol. The van der Waals surface area contributed by atoms with Crippen LogP contribution in [0, 0.1) is 6.92 Å². The van der Waals surface area contributed by atoms with Crippen molar-refractivity contribution in [2.75, 3.05) is 19.0 Å². The van der Waals surface area contributed by atoms with Gasteiger partial charge in [-0.2, -0.15) is 13.2 Å². The molecule has 0 spiro atoms. The highest BCUT2D eigenvalue weighted by molar-refractivity contribution is 5.96. The van der Waals surface area contributed by atoms with E-state index in [-0.39, 0.29) is 11.1 Å². The second kappa shape index (κ2) is 5.79. The number of alkyl halides is 3. The molecular weight excluding hydrogens is 281 g/mol. The van der Waals surface area contributed by atoms with Gasteiger partial charge in [0.15, 0.2) is 0 Å². The Kier molecular flexibility index (Phi) is 4.25. The van der Waals surface area contributed by atoms with Gasteiger partial charge in [0.05, 0.1) is 6.61 Å². The Balaban J connectivity index is 2.76. The van der Waals surface area contributed by atoms with Crippen molar-refractivity contribution in [3.8, 4) is 5.75 Å². The summed E-state index contributed by atoms with van der Waals surface area (Å²) in [7, 11) is 1.60. The smallest absolute Gasteiger partial charge is 0.433 e. The average Bonchev–Trinajstić information content (AvgIpc) is 2.43. The van der Waals surface area contributed by atoms with Crippen molar-refractivity contribution in [3.63, 3.8) is 0 Å². The highest BCUT2D eigenvalue weighted by atomic mass is 19.4. The number of ether oxygens (including phenoxy) is 1. The van der Waals surface area contributed by atoms with Crippen molar-refractivity contribution >= 4 is 16.6 Å². The number of rotatable bonds is 4.